The van der Waals surface area contributed by atoms with Crippen molar-refractivity contribution in [3.63, 3.8) is 0 Å². The summed E-state index contributed by atoms with van der Waals surface area (Å²) < 4.78 is 5.47. The summed E-state index contributed by atoms with van der Waals surface area (Å²) in [4.78, 5) is 3.89. The van der Waals surface area contributed by atoms with Crippen LogP contribution in [-0.4, -0.2) is 37.0 Å². The van der Waals surface area contributed by atoms with Crippen LogP contribution in [0.5, 0.6) is 0 Å². The van der Waals surface area contributed by atoms with Crippen molar-refractivity contribution in [2.24, 2.45) is 5.73 Å². The monoisotopic (exact) mass is 296 g/mol. The lowest BCUT2D eigenvalue weighted by atomic mass is 10.1. The van der Waals surface area contributed by atoms with E-state index in [1.807, 2.05) is 0 Å². The minimum Gasteiger partial charge on any atom is -0.389 e. The lowest BCUT2D eigenvalue weighted by Gasteiger charge is -2.28. The van der Waals surface area contributed by atoms with Crippen molar-refractivity contribution in [3.05, 3.63) is 23.8 Å². The first kappa shape index (κ1) is 14.6. The highest BCUT2D eigenvalue weighted by Gasteiger charge is 2.23. The van der Waals surface area contributed by atoms with E-state index in [4.69, 9.17) is 22.7 Å². The Kier molecular flexibility index (Phi) is 5.07. The molecular formula is C14H20N2OS2. The number of likely N-dealkylation sites (N-methyl/N-ethyl adjacent to an activating group) is 1. The number of benzene rings is 1. The van der Waals surface area contributed by atoms with Crippen molar-refractivity contribution in [2.75, 3.05) is 30.9 Å². The van der Waals surface area contributed by atoms with E-state index >= 15 is 0 Å². The molecule has 1 heterocycles. The molecule has 1 aliphatic rings. The van der Waals surface area contributed by atoms with Gasteiger partial charge in [0.05, 0.1) is 12.6 Å². The smallest absolute Gasteiger partial charge is 0.107 e. The molecule has 5 heteroatoms. The first-order chi connectivity index (χ1) is 9.15. The van der Waals surface area contributed by atoms with Gasteiger partial charge in [0.15, 0.2) is 0 Å². The molecule has 19 heavy (non-hydrogen) atoms. The normalized spacial score (nSPS) is 18.5. The van der Waals surface area contributed by atoms with E-state index in [1.54, 1.807) is 11.8 Å². The maximum absolute atomic E-state index is 5.94. The average Bonchev–Trinajstić information content (AvgIpc) is 2.91. The topological polar surface area (TPSA) is 38.5 Å². The number of thioether (sulfide) groups is 1. The summed E-state index contributed by atoms with van der Waals surface area (Å²) in [5.74, 6) is 1.01. The Morgan fingerprint density at radius 2 is 2.37 bits per heavy atom. The van der Waals surface area contributed by atoms with Crippen LogP contribution in [0, 0.1) is 0 Å². The highest BCUT2D eigenvalue weighted by Crippen LogP contribution is 2.32. The van der Waals surface area contributed by atoms with Crippen LogP contribution >= 0.6 is 24.0 Å². The highest BCUT2D eigenvalue weighted by atomic mass is 32.2. The summed E-state index contributed by atoms with van der Waals surface area (Å²) >= 11 is 7.03. The van der Waals surface area contributed by atoms with Crippen LogP contribution in [0.25, 0.3) is 0 Å². The number of nitrogens with zero attached hydrogens (tertiary/aromatic N) is 1. The molecule has 0 saturated carbocycles. The molecule has 1 aromatic rings. The van der Waals surface area contributed by atoms with Crippen molar-refractivity contribution in [1.29, 1.82) is 0 Å². The molecule has 0 aromatic heterocycles. The third-order valence-corrected chi connectivity index (χ3v) is 4.53. The molecule has 1 atom stereocenters. The SMILES string of the molecule is CCSc1cccc(N(C)C2CCOC2)c1C(N)=S. The Morgan fingerprint density at radius 1 is 1.58 bits per heavy atom. The Hall–Kier alpha value is -0.780. The standard InChI is InChI=1S/C14H20N2OS2/c1-3-19-12-6-4-5-11(13(12)14(15)18)16(2)10-7-8-17-9-10/h4-6,10H,3,7-9H2,1-2H3,(H2,15,18). The molecule has 2 N–H and O–H groups in total. The molecular weight excluding hydrogens is 276 g/mol. The molecule has 1 unspecified atom stereocenters. The van der Waals surface area contributed by atoms with Crippen LogP contribution in [-0.2, 0) is 4.74 Å². The van der Waals surface area contributed by atoms with E-state index < -0.39 is 0 Å². The zero-order valence-electron chi connectivity index (χ0n) is 11.4. The van der Waals surface area contributed by atoms with Gasteiger partial charge < -0.3 is 15.4 Å². The van der Waals surface area contributed by atoms with Crippen molar-refractivity contribution in [3.8, 4) is 0 Å². The van der Waals surface area contributed by atoms with Crippen molar-refractivity contribution in [2.45, 2.75) is 24.3 Å². The predicted molar refractivity (Wildman–Crippen MR) is 86.4 cm³/mol. The number of hydrogen-bond acceptors (Lipinski definition) is 4. The Labute approximate surface area is 124 Å². The van der Waals surface area contributed by atoms with E-state index in [-0.39, 0.29) is 0 Å². The third-order valence-electron chi connectivity index (χ3n) is 3.38. The third kappa shape index (κ3) is 3.22. The summed E-state index contributed by atoms with van der Waals surface area (Å²) in [5, 5.41) is 0. The summed E-state index contributed by atoms with van der Waals surface area (Å²) in [6.07, 6.45) is 1.05. The first-order valence-corrected chi connectivity index (χ1v) is 7.90. The molecule has 1 fully saturated rings. The van der Waals surface area contributed by atoms with E-state index in [9.17, 15) is 0 Å². The van der Waals surface area contributed by atoms with Crippen molar-refractivity contribution < 1.29 is 4.74 Å². The van der Waals surface area contributed by atoms with E-state index in [2.05, 4.69) is 37.1 Å². The first-order valence-electron chi connectivity index (χ1n) is 6.51. The van der Waals surface area contributed by atoms with Gasteiger partial charge in [-0.25, -0.2) is 0 Å². The molecule has 0 bridgehead atoms. The van der Waals surface area contributed by atoms with Gasteiger partial charge in [-0.2, -0.15) is 0 Å². The van der Waals surface area contributed by atoms with Crippen molar-refractivity contribution >= 4 is 34.7 Å². The van der Waals surface area contributed by atoms with E-state index in [1.165, 1.54) is 4.90 Å². The Balaban J connectivity index is 2.37. The van der Waals surface area contributed by atoms with Gasteiger partial charge >= 0.3 is 0 Å². The second kappa shape index (κ2) is 6.59. The summed E-state index contributed by atoms with van der Waals surface area (Å²) in [5.41, 5.74) is 8.05. The molecule has 0 spiro atoms. The maximum atomic E-state index is 5.94. The molecule has 0 radical (unpaired) electrons. The van der Waals surface area contributed by atoms with Crippen LogP contribution < -0.4 is 10.6 Å². The minimum absolute atomic E-state index is 0.412. The average molecular weight is 296 g/mol. The largest absolute Gasteiger partial charge is 0.389 e. The van der Waals surface area contributed by atoms with Gasteiger partial charge in [-0.15, -0.1) is 11.8 Å². The molecule has 1 aromatic carbocycles. The minimum atomic E-state index is 0.412. The highest BCUT2D eigenvalue weighted by molar-refractivity contribution is 7.99. The Bertz CT molecular complexity index is 459. The number of hydrogen-bond donors (Lipinski definition) is 1. The van der Waals surface area contributed by atoms with Crippen LogP contribution in [0.4, 0.5) is 5.69 Å². The van der Waals surface area contributed by atoms with Crippen molar-refractivity contribution in [1.82, 2.24) is 0 Å². The second-order valence-electron chi connectivity index (χ2n) is 4.58. The van der Waals surface area contributed by atoms with Gasteiger partial charge in [-0.05, 0) is 24.3 Å². The molecule has 1 aliphatic heterocycles. The lowest BCUT2D eigenvalue weighted by molar-refractivity contribution is 0.193. The van der Waals surface area contributed by atoms with Gasteiger partial charge in [-0.3, -0.25) is 0 Å². The second-order valence-corrected chi connectivity index (χ2v) is 6.32. The Morgan fingerprint density at radius 3 is 2.95 bits per heavy atom. The van der Waals surface area contributed by atoms with Gasteiger partial charge in [-0.1, -0.05) is 25.2 Å². The fraction of sp³-hybridized carbons (Fsp3) is 0.500. The molecule has 0 amide bonds. The summed E-state index contributed by atoms with van der Waals surface area (Å²) in [6.45, 7) is 3.74. The molecule has 1 saturated heterocycles. The number of rotatable bonds is 5. The fourth-order valence-electron chi connectivity index (χ4n) is 2.36. The number of thiocarbonyl (C=S) groups is 1. The molecule has 104 valence electrons. The predicted octanol–water partition coefficient (Wildman–Crippen LogP) is 2.66. The van der Waals surface area contributed by atoms with E-state index in [0.29, 0.717) is 11.0 Å². The van der Waals surface area contributed by atoms with Gasteiger partial charge in [0.1, 0.15) is 4.99 Å². The van der Waals surface area contributed by atoms with Gasteiger partial charge in [0.2, 0.25) is 0 Å². The maximum Gasteiger partial charge on any atom is 0.107 e. The van der Waals surface area contributed by atoms with Crippen LogP contribution in [0.2, 0.25) is 0 Å². The number of ether oxygens (including phenoxy) is 1. The summed E-state index contributed by atoms with van der Waals surface area (Å²) in [6, 6.07) is 6.66. The lowest BCUT2D eigenvalue weighted by Crippen LogP contribution is -2.33. The quantitative estimate of drug-likeness (QED) is 0.668. The van der Waals surface area contributed by atoms with Crippen LogP contribution in [0.1, 0.15) is 18.9 Å². The van der Waals surface area contributed by atoms with Crippen LogP contribution in [0.15, 0.2) is 23.1 Å². The van der Waals surface area contributed by atoms with Gasteiger partial charge in [0.25, 0.3) is 0 Å². The molecule has 0 aliphatic carbocycles. The van der Waals surface area contributed by atoms with E-state index in [0.717, 1.165) is 36.6 Å². The van der Waals surface area contributed by atoms with Crippen LogP contribution in [0.3, 0.4) is 0 Å². The fourth-order valence-corrected chi connectivity index (χ4v) is 3.48. The molecule has 3 nitrogen and oxygen atoms in total. The molecule has 2 rings (SSSR count). The zero-order chi connectivity index (χ0) is 13.8. The number of nitrogens with two attached hydrogens (primary N) is 1. The summed E-state index contributed by atoms with van der Waals surface area (Å²) in [7, 11) is 2.09. The number of anilines is 1. The van der Waals surface area contributed by atoms with Gasteiger partial charge in [0, 0.05) is 29.8 Å². The zero-order valence-corrected chi connectivity index (χ0v) is 13.0.